The molecule has 0 saturated carbocycles. The van der Waals surface area contributed by atoms with E-state index in [0.717, 1.165) is 0 Å². The van der Waals surface area contributed by atoms with Crippen LogP contribution in [0.2, 0.25) is 0 Å². The normalized spacial score (nSPS) is 14.1. The lowest BCUT2D eigenvalue weighted by Gasteiger charge is -2.34. The number of aromatic nitrogens is 2. The summed E-state index contributed by atoms with van der Waals surface area (Å²) in [6.45, 7) is 4.24. The molecule has 1 aromatic heterocycles. The van der Waals surface area contributed by atoms with Crippen molar-refractivity contribution in [3.8, 4) is 0 Å². The van der Waals surface area contributed by atoms with Gasteiger partial charge in [-0.2, -0.15) is 0 Å². The molecule has 0 radical (unpaired) electrons. The van der Waals surface area contributed by atoms with E-state index in [1.807, 2.05) is 4.90 Å². The molecular weight excluding hydrogens is 349 g/mol. The first-order chi connectivity index (χ1) is 13.1. The number of carbonyl (C=O) groups is 2. The first kappa shape index (κ1) is 18.8. The number of halogens is 1. The van der Waals surface area contributed by atoms with E-state index in [-0.39, 0.29) is 23.7 Å². The first-order valence-corrected chi connectivity index (χ1v) is 8.89. The predicted molar refractivity (Wildman–Crippen MR) is 100 cm³/mol. The fourth-order valence-corrected chi connectivity index (χ4v) is 3.10. The second-order valence-corrected chi connectivity index (χ2v) is 6.31. The Labute approximate surface area is 157 Å². The molecule has 2 heterocycles. The van der Waals surface area contributed by atoms with Gasteiger partial charge in [0.25, 0.3) is 0 Å². The van der Waals surface area contributed by atoms with E-state index in [1.165, 1.54) is 19.1 Å². The highest BCUT2D eigenvalue weighted by Gasteiger charge is 2.22. The molecule has 1 aromatic carbocycles. The standard InChI is InChI=1S/C19H22FN5O2/c1-14(26)18-15(20)4-2-5-16(18)21-9-6-17(27)24-10-12-25(13-11-24)19-22-7-3-8-23-19/h2-5,7-8,21H,6,9-13H2,1H3. The highest BCUT2D eigenvalue weighted by atomic mass is 19.1. The van der Waals surface area contributed by atoms with Crippen molar-refractivity contribution >= 4 is 23.3 Å². The third kappa shape index (κ3) is 4.58. The van der Waals surface area contributed by atoms with Gasteiger partial charge < -0.3 is 15.1 Å². The minimum atomic E-state index is -0.557. The molecule has 27 heavy (non-hydrogen) atoms. The van der Waals surface area contributed by atoms with E-state index < -0.39 is 5.82 Å². The van der Waals surface area contributed by atoms with E-state index in [9.17, 15) is 14.0 Å². The van der Waals surface area contributed by atoms with Gasteiger partial charge >= 0.3 is 0 Å². The second-order valence-electron chi connectivity index (χ2n) is 6.31. The molecule has 142 valence electrons. The maximum Gasteiger partial charge on any atom is 0.225 e. The van der Waals surface area contributed by atoms with Crippen LogP contribution >= 0.6 is 0 Å². The van der Waals surface area contributed by atoms with Crippen LogP contribution in [0.3, 0.4) is 0 Å². The van der Waals surface area contributed by atoms with E-state index in [4.69, 9.17) is 0 Å². The number of piperazine rings is 1. The molecule has 1 saturated heterocycles. The molecule has 1 aliphatic rings. The molecule has 2 aromatic rings. The number of amides is 1. The van der Waals surface area contributed by atoms with Gasteiger partial charge in [-0.05, 0) is 25.1 Å². The van der Waals surface area contributed by atoms with Crippen molar-refractivity contribution in [1.82, 2.24) is 14.9 Å². The van der Waals surface area contributed by atoms with Gasteiger partial charge in [-0.1, -0.05) is 6.07 Å². The lowest BCUT2D eigenvalue weighted by atomic mass is 10.1. The van der Waals surface area contributed by atoms with Crippen LogP contribution in [0.25, 0.3) is 0 Å². The SMILES string of the molecule is CC(=O)c1c(F)cccc1NCCC(=O)N1CCN(c2ncccn2)CC1. The number of ketones is 1. The average molecular weight is 371 g/mol. The van der Waals surface area contributed by atoms with E-state index in [2.05, 4.69) is 15.3 Å². The van der Waals surface area contributed by atoms with Gasteiger partial charge in [-0.15, -0.1) is 0 Å². The largest absolute Gasteiger partial charge is 0.384 e. The van der Waals surface area contributed by atoms with Gasteiger partial charge in [0.15, 0.2) is 5.78 Å². The summed E-state index contributed by atoms with van der Waals surface area (Å²) in [5.41, 5.74) is 0.447. The number of benzene rings is 1. The van der Waals surface area contributed by atoms with Crippen LogP contribution in [0, 0.1) is 5.82 Å². The summed E-state index contributed by atoms with van der Waals surface area (Å²) in [4.78, 5) is 36.3. The third-order valence-corrected chi connectivity index (χ3v) is 4.49. The third-order valence-electron chi connectivity index (χ3n) is 4.49. The lowest BCUT2D eigenvalue weighted by Crippen LogP contribution is -2.49. The van der Waals surface area contributed by atoms with Crippen molar-refractivity contribution in [2.75, 3.05) is 42.9 Å². The minimum absolute atomic E-state index is 0.0249. The topological polar surface area (TPSA) is 78.4 Å². The Morgan fingerprint density at radius 1 is 1.11 bits per heavy atom. The Bertz CT molecular complexity index is 807. The van der Waals surface area contributed by atoms with E-state index >= 15 is 0 Å². The Hall–Kier alpha value is -3.03. The minimum Gasteiger partial charge on any atom is -0.384 e. The molecule has 8 heteroatoms. The van der Waals surface area contributed by atoms with Crippen LogP contribution < -0.4 is 10.2 Å². The van der Waals surface area contributed by atoms with Crippen LogP contribution in [0.5, 0.6) is 0 Å². The number of anilines is 2. The van der Waals surface area contributed by atoms with E-state index in [1.54, 1.807) is 29.4 Å². The van der Waals surface area contributed by atoms with Gasteiger partial charge in [0.1, 0.15) is 5.82 Å². The number of carbonyl (C=O) groups excluding carboxylic acids is 2. The van der Waals surface area contributed by atoms with E-state index in [0.29, 0.717) is 44.4 Å². The van der Waals surface area contributed by atoms with Crippen molar-refractivity contribution in [3.63, 3.8) is 0 Å². The maximum atomic E-state index is 13.8. The van der Waals surface area contributed by atoms with Crippen LogP contribution in [0.1, 0.15) is 23.7 Å². The molecule has 0 atom stereocenters. The molecule has 3 rings (SSSR count). The zero-order valence-electron chi connectivity index (χ0n) is 15.2. The quantitative estimate of drug-likeness (QED) is 0.783. The summed E-state index contributed by atoms with van der Waals surface area (Å²) in [7, 11) is 0. The summed E-state index contributed by atoms with van der Waals surface area (Å²) in [5.74, 6) is -0.203. The Morgan fingerprint density at radius 3 is 2.48 bits per heavy atom. The highest BCUT2D eigenvalue weighted by molar-refractivity contribution is 5.99. The van der Waals surface area contributed by atoms with Gasteiger partial charge in [0.05, 0.1) is 5.56 Å². The molecule has 1 fully saturated rings. The van der Waals surface area contributed by atoms with Crippen LogP contribution in [-0.4, -0.2) is 59.3 Å². The van der Waals surface area contributed by atoms with Gasteiger partial charge in [0, 0.05) is 57.2 Å². The van der Waals surface area contributed by atoms with Crippen molar-refractivity contribution in [2.45, 2.75) is 13.3 Å². The zero-order valence-corrected chi connectivity index (χ0v) is 15.2. The lowest BCUT2D eigenvalue weighted by molar-refractivity contribution is -0.131. The molecule has 7 nitrogen and oxygen atoms in total. The summed E-state index contributed by atoms with van der Waals surface area (Å²) in [5, 5.41) is 3.00. The van der Waals surface area contributed by atoms with Crippen LogP contribution in [-0.2, 0) is 4.79 Å². The summed E-state index contributed by atoms with van der Waals surface area (Å²) >= 11 is 0. The smallest absolute Gasteiger partial charge is 0.225 e. The zero-order chi connectivity index (χ0) is 19.2. The number of nitrogens with one attached hydrogen (secondary N) is 1. The predicted octanol–water partition coefficient (Wildman–Crippen LogP) is 1.97. The monoisotopic (exact) mass is 371 g/mol. The molecule has 0 aliphatic carbocycles. The van der Waals surface area contributed by atoms with Crippen molar-refractivity contribution in [3.05, 3.63) is 48.0 Å². The Balaban J connectivity index is 1.48. The molecular formula is C19H22FN5O2. The van der Waals surface area contributed by atoms with Crippen molar-refractivity contribution in [1.29, 1.82) is 0 Å². The Morgan fingerprint density at radius 2 is 1.81 bits per heavy atom. The number of hydrogen-bond acceptors (Lipinski definition) is 6. The number of Topliss-reactive ketones (excluding diaryl/α,β-unsaturated/α-hetero) is 1. The molecule has 1 N–H and O–H groups in total. The Kier molecular flexibility index (Phi) is 5.95. The summed E-state index contributed by atoms with van der Waals surface area (Å²) < 4.78 is 13.8. The highest BCUT2D eigenvalue weighted by Crippen LogP contribution is 2.19. The summed E-state index contributed by atoms with van der Waals surface area (Å²) in [6.07, 6.45) is 3.68. The van der Waals surface area contributed by atoms with Crippen molar-refractivity contribution in [2.24, 2.45) is 0 Å². The van der Waals surface area contributed by atoms with Gasteiger partial charge in [-0.3, -0.25) is 9.59 Å². The summed E-state index contributed by atoms with van der Waals surface area (Å²) in [6, 6.07) is 6.20. The van der Waals surface area contributed by atoms with Crippen molar-refractivity contribution < 1.29 is 14.0 Å². The fraction of sp³-hybridized carbons (Fsp3) is 0.368. The average Bonchev–Trinajstić information content (AvgIpc) is 2.68. The van der Waals surface area contributed by atoms with Crippen LogP contribution in [0.15, 0.2) is 36.7 Å². The molecule has 1 amide bonds. The fourth-order valence-electron chi connectivity index (χ4n) is 3.10. The second kappa shape index (κ2) is 8.57. The molecule has 0 bridgehead atoms. The molecule has 0 spiro atoms. The maximum absolute atomic E-state index is 13.8. The number of rotatable bonds is 6. The molecule has 1 aliphatic heterocycles. The van der Waals surface area contributed by atoms with Gasteiger partial charge in [-0.25, -0.2) is 14.4 Å². The number of hydrogen-bond donors (Lipinski definition) is 1. The van der Waals surface area contributed by atoms with Gasteiger partial charge in [0.2, 0.25) is 11.9 Å². The van der Waals surface area contributed by atoms with Crippen LogP contribution in [0.4, 0.5) is 16.0 Å². The first-order valence-electron chi connectivity index (χ1n) is 8.89. The number of nitrogens with zero attached hydrogens (tertiary/aromatic N) is 4. The molecule has 0 unspecified atom stereocenters.